The summed E-state index contributed by atoms with van der Waals surface area (Å²) in [5, 5.41) is 14.9. The van der Waals surface area contributed by atoms with Gasteiger partial charge >= 0.3 is 5.97 Å². The van der Waals surface area contributed by atoms with Crippen LogP contribution in [-0.2, 0) is 9.59 Å². The van der Waals surface area contributed by atoms with Gasteiger partial charge in [0.2, 0.25) is 5.91 Å². The fourth-order valence-electron chi connectivity index (χ4n) is 2.04. The molecular formula is C15H21BrN2O3. The first kappa shape index (κ1) is 17.7. The molecule has 5 nitrogen and oxygen atoms in total. The molecule has 0 radical (unpaired) electrons. The Labute approximate surface area is 133 Å². The van der Waals surface area contributed by atoms with Crippen LogP contribution in [-0.4, -0.2) is 29.1 Å². The lowest BCUT2D eigenvalue weighted by Crippen LogP contribution is -2.53. The molecule has 0 heterocycles. The number of carbonyl (C=O) groups is 2. The molecule has 0 aromatic heterocycles. The van der Waals surface area contributed by atoms with Crippen LogP contribution in [0.4, 0.5) is 5.69 Å². The van der Waals surface area contributed by atoms with Crippen molar-refractivity contribution in [3.63, 3.8) is 0 Å². The van der Waals surface area contributed by atoms with E-state index in [1.807, 2.05) is 19.1 Å². The number of rotatable bonds is 7. The van der Waals surface area contributed by atoms with Gasteiger partial charge in [-0.3, -0.25) is 14.9 Å². The zero-order chi connectivity index (χ0) is 16.0. The molecule has 0 bridgehead atoms. The number of aliphatic carboxylic acids is 1. The zero-order valence-corrected chi connectivity index (χ0v) is 14.1. The quantitative estimate of drug-likeness (QED) is 0.701. The Morgan fingerprint density at radius 2 is 1.90 bits per heavy atom. The molecule has 6 heteroatoms. The van der Waals surface area contributed by atoms with Crippen molar-refractivity contribution in [3.8, 4) is 0 Å². The lowest BCUT2D eigenvalue weighted by molar-refractivity contribution is -0.145. The van der Waals surface area contributed by atoms with E-state index in [-0.39, 0.29) is 12.5 Å². The van der Waals surface area contributed by atoms with Crippen LogP contribution in [0.5, 0.6) is 0 Å². The lowest BCUT2D eigenvalue weighted by atomic mass is 9.93. The Bertz CT molecular complexity index is 528. The van der Waals surface area contributed by atoms with Crippen LogP contribution in [0.15, 0.2) is 22.7 Å². The first-order valence-electron chi connectivity index (χ1n) is 6.89. The third-order valence-electron chi connectivity index (χ3n) is 3.60. The molecule has 1 rings (SSSR count). The van der Waals surface area contributed by atoms with Crippen molar-refractivity contribution in [3.05, 3.63) is 28.2 Å². The number of anilines is 1. The van der Waals surface area contributed by atoms with Gasteiger partial charge < -0.3 is 10.4 Å². The first-order valence-corrected chi connectivity index (χ1v) is 7.68. The molecule has 0 aliphatic rings. The molecule has 21 heavy (non-hydrogen) atoms. The largest absolute Gasteiger partial charge is 0.480 e. The highest BCUT2D eigenvalue weighted by atomic mass is 79.9. The van der Waals surface area contributed by atoms with Gasteiger partial charge in [0.05, 0.1) is 12.2 Å². The topological polar surface area (TPSA) is 78.4 Å². The highest BCUT2D eigenvalue weighted by molar-refractivity contribution is 9.10. The fraction of sp³-hybridized carbons (Fsp3) is 0.467. The number of carboxylic acid groups (broad SMARTS) is 1. The van der Waals surface area contributed by atoms with Crippen LogP contribution in [0.1, 0.15) is 32.3 Å². The Morgan fingerprint density at radius 3 is 2.38 bits per heavy atom. The van der Waals surface area contributed by atoms with Crippen molar-refractivity contribution in [2.45, 2.75) is 39.2 Å². The maximum atomic E-state index is 12.0. The van der Waals surface area contributed by atoms with E-state index in [1.54, 1.807) is 19.9 Å². The Morgan fingerprint density at radius 1 is 1.29 bits per heavy atom. The molecule has 0 aliphatic heterocycles. The molecule has 1 amide bonds. The van der Waals surface area contributed by atoms with E-state index in [2.05, 4.69) is 26.6 Å². The number of benzene rings is 1. The number of amides is 1. The minimum absolute atomic E-state index is 0.0473. The Kier molecular flexibility index (Phi) is 6.36. The molecular weight excluding hydrogens is 336 g/mol. The number of carboxylic acids is 1. The van der Waals surface area contributed by atoms with Crippen LogP contribution < -0.4 is 10.6 Å². The smallest absolute Gasteiger partial charge is 0.323 e. The third-order valence-corrected chi connectivity index (χ3v) is 4.26. The molecule has 1 aromatic carbocycles. The fourth-order valence-corrected chi connectivity index (χ4v) is 2.64. The number of aryl methyl sites for hydroxylation is 1. The van der Waals surface area contributed by atoms with Gasteiger partial charge in [-0.25, -0.2) is 0 Å². The predicted molar refractivity (Wildman–Crippen MR) is 86.5 cm³/mol. The average molecular weight is 357 g/mol. The summed E-state index contributed by atoms with van der Waals surface area (Å²) in [5.74, 6) is -1.20. The number of carbonyl (C=O) groups excluding carboxylic acids is 1. The van der Waals surface area contributed by atoms with Crippen molar-refractivity contribution < 1.29 is 14.7 Å². The summed E-state index contributed by atoms with van der Waals surface area (Å²) in [6, 6.07) is 5.61. The molecule has 116 valence electrons. The molecule has 3 N–H and O–H groups in total. The normalized spacial score (nSPS) is 11.2. The van der Waals surface area contributed by atoms with E-state index < -0.39 is 11.5 Å². The van der Waals surface area contributed by atoms with Crippen LogP contribution in [0.3, 0.4) is 0 Å². The molecule has 0 atom stereocenters. The van der Waals surface area contributed by atoms with E-state index in [4.69, 9.17) is 0 Å². The minimum Gasteiger partial charge on any atom is -0.480 e. The van der Waals surface area contributed by atoms with Crippen molar-refractivity contribution in [1.82, 2.24) is 5.32 Å². The van der Waals surface area contributed by atoms with E-state index in [1.165, 1.54) is 0 Å². The summed E-state index contributed by atoms with van der Waals surface area (Å²) in [6.45, 7) is 5.49. The number of nitrogens with one attached hydrogen (secondary N) is 2. The van der Waals surface area contributed by atoms with Crippen LogP contribution in [0.2, 0.25) is 0 Å². The molecule has 0 fully saturated rings. The van der Waals surface area contributed by atoms with Gasteiger partial charge in [0.15, 0.2) is 0 Å². The SMILES string of the molecule is CCC(CC)(NCC(=O)Nc1ccc(C)cc1Br)C(=O)O. The van der Waals surface area contributed by atoms with Crippen LogP contribution in [0, 0.1) is 6.92 Å². The Balaban J connectivity index is 2.67. The predicted octanol–water partition coefficient (Wildman–Crippen LogP) is 2.93. The van der Waals surface area contributed by atoms with Crippen molar-refractivity contribution in [2.75, 3.05) is 11.9 Å². The maximum Gasteiger partial charge on any atom is 0.323 e. The minimum atomic E-state index is -1.05. The van der Waals surface area contributed by atoms with Crippen molar-refractivity contribution in [1.29, 1.82) is 0 Å². The summed E-state index contributed by atoms with van der Waals surface area (Å²) in [5.41, 5.74) is 0.697. The summed E-state index contributed by atoms with van der Waals surface area (Å²) in [7, 11) is 0. The number of hydrogen-bond acceptors (Lipinski definition) is 3. The van der Waals surface area contributed by atoms with E-state index >= 15 is 0 Å². The second kappa shape index (κ2) is 7.56. The second-order valence-corrected chi connectivity index (χ2v) is 5.83. The average Bonchev–Trinajstić information content (AvgIpc) is 2.43. The van der Waals surface area contributed by atoms with E-state index in [0.717, 1.165) is 10.0 Å². The number of halogens is 1. The van der Waals surface area contributed by atoms with Gasteiger partial charge in [-0.2, -0.15) is 0 Å². The van der Waals surface area contributed by atoms with Gasteiger partial charge in [0.25, 0.3) is 0 Å². The van der Waals surface area contributed by atoms with Crippen LogP contribution in [0.25, 0.3) is 0 Å². The zero-order valence-electron chi connectivity index (χ0n) is 12.5. The van der Waals surface area contributed by atoms with E-state index in [9.17, 15) is 14.7 Å². The molecule has 0 aliphatic carbocycles. The first-order chi connectivity index (χ1) is 9.84. The summed E-state index contributed by atoms with van der Waals surface area (Å²) < 4.78 is 0.798. The summed E-state index contributed by atoms with van der Waals surface area (Å²) in [6.07, 6.45) is 0.834. The monoisotopic (exact) mass is 356 g/mol. The van der Waals surface area contributed by atoms with E-state index in [0.29, 0.717) is 18.5 Å². The molecule has 0 unspecified atom stereocenters. The molecule has 0 saturated heterocycles. The maximum absolute atomic E-state index is 12.0. The van der Waals surface area contributed by atoms with Crippen LogP contribution >= 0.6 is 15.9 Å². The Hall–Kier alpha value is -1.40. The molecule has 0 saturated carbocycles. The van der Waals surface area contributed by atoms with Gasteiger partial charge in [-0.15, -0.1) is 0 Å². The molecule has 0 spiro atoms. The van der Waals surface area contributed by atoms with Gasteiger partial charge in [-0.05, 0) is 53.4 Å². The van der Waals surface area contributed by atoms with Crippen molar-refractivity contribution >= 4 is 33.5 Å². The highest BCUT2D eigenvalue weighted by Gasteiger charge is 2.34. The van der Waals surface area contributed by atoms with Gasteiger partial charge in [0.1, 0.15) is 5.54 Å². The third kappa shape index (κ3) is 4.54. The standard InChI is InChI=1S/C15H21BrN2O3/c1-4-15(5-2,14(20)21)17-9-13(19)18-12-7-6-10(3)8-11(12)16/h6-8,17H,4-5,9H2,1-3H3,(H,18,19)(H,20,21). The molecule has 1 aromatic rings. The van der Waals surface area contributed by atoms with Gasteiger partial charge in [0, 0.05) is 4.47 Å². The van der Waals surface area contributed by atoms with Crippen molar-refractivity contribution in [2.24, 2.45) is 0 Å². The second-order valence-electron chi connectivity index (χ2n) is 4.98. The lowest BCUT2D eigenvalue weighted by Gasteiger charge is -2.27. The number of hydrogen-bond donors (Lipinski definition) is 3. The summed E-state index contributed by atoms with van der Waals surface area (Å²) >= 11 is 3.39. The van der Waals surface area contributed by atoms with Gasteiger partial charge in [-0.1, -0.05) is 19.9 Å². The summed E-state index contributed by atoms with van der Waals surface area (Å²) in [4.78, 5) is 23.3. The highest BCUT2D eigenvalue weighted by Crippen LogP contribution is 2.23.